The van der Waals surface area contributed by atoms with Gasteiger partial charge >= 0.3 is 0 Å². The minimum absolute atomic E-state index is 0.295. The molecule has 1 amide bonds. The lowest BCUT2D eigenvalue weighted by atomic mass is 10.0. The predicted molar refractivity (Wildman–Crippen MR) is 97.3 cm³/mol. The number of fused-ring (bicyclic) bond motifs is 1. The molecule has 0 aliphatic carbocycles. The zero-order valence-electron chi connectivity index (χ0n) is 14.2. The summed E-state index contributed by atoms with van der Waals surface area (Å²) in [7, 11) is 0. The molecule has 3 aromatic rings. The highest BCUT2D eigenvalue weighted by Gasteiger charge is 2.24. The third kappa shape index (κ3) is 2.84. The maximum atomic E-state index is 13.3. The molecule has 2 heterocycles. The molecule has 0 saturated heterocycles. The van der Waals surface area contributed by atoms with Crippen molar-refractivity contribution in [3.05, 3.63) is 51.1 Å². The highest BCUT2D eigenvalue weighted by atomic mass is 32.1. The number of primary amides is 1. The maximum Gasteiger partial charge on any atom is 0.263 e. The van der Waals surface area contributed by atoms with Gasteiger partial charge in [-0.2, -0.15) is 0 Å². The highest BCUT2D eigenvalue weighted by molar-refractivity contribution is 7.19. The van der Waals surface area contributed by atoms with Gasteiger partial charge in [0.15, 0.2) is 0 Å². The van der Waals surface area contributed by atoms with Crippen LogP contribution in [-0.2, 0) is 4.79 Å². The summed E-state index contributed by atoms with van der Waals surface area (Å²) in [6.45, 7) is 5.39. The third-order valence-electron chi connectivity index (χ3n) is 4.27. The number of halogens is 1. The smallest absolute Gasteiger partial charge is 0.263 e. The Morgan fingerprint density at radius 2 is 1.96 bits per heavy atom. The van der Waals surface area contributed by atoms with Gasteiger partial charge in [-0.15, -0.1) is 11.3 Å². The van der Waals surface area contributed by atoms with E-state index >= 15 is 0 Å². The molecule has 0 spiro atoms. The number of aryl methyl sites for hydroxylation is 2. The monoisotopic (exact) mass is 359 g/mol. The average molecular weight is 359 g/mol. The minimum Gasteiger partial charge on any atom is -0.368 e. The molecule has 0 aliphatic heterocycles. The molecular weight excluding hydrogens is 341 g/mol. The first-order valence-electron chi connectivity index (χ1n) is 7.92. The van der Waals surface area contributed by atoms with E-state index in [2.05, 4.69) is 4.98 Å². The van der Waals surface area contributed by atoms with E-state index in [1.807, 2.05) is 6.92 Å². The molecule has 0 radical (unpaired) electrons. The Hall–Kier alpha value is -2.54. The van der Waals surface area contributed by atoms with Crippen LogP contribution in [0.3, 0.4) is 0 Å². The Morgan fingerprint density at radius 1 is 1.32 bits per heavy atom. The van der Waals surface area contributed by atoms with Crippen molar-refractivity contribution in [3.8, 4) is 11.1 Å². The van der Waals surface area contributed by atoms with Crippen molar-refractivity contribution < 1.29 is 9.18 Å². The van der Waals surface area contributed by atoms with Gasteiger partial charge in [0.2, 0.25) is 5.91 Å². The summed E-state index contributed by atoms with van der Waals surface area (Å²) in [5.74, 6) is -0.453. The van der Waals surface area contributed by atoms with E-state index in [1.54, 1.807) is 26.0 Å². The topological polar surface area (TPSA) is 78.0 Å². The average Bonchev–Trinajstić information content (AvgIpc) is 2.88. The number of hydrogen-bond acceptors (Lipinski definition) is 4. The zero-order valence-corrected chi connectivity index (χ0v) is 15.0. The summed E-state index contributed by atoms with van der Waals surface area (Å²) in [5.41, 5.74) is 6.64. The molecule has 2 aromatic heterocycles. The molecule has 1 atom stereocenters. The summed E-state index contributed by atoms with van der Waals surface area (Å²) in [6, 6.07) is 5.25. The lowest BCUT2D eigenvalue weighted by Gasteiger charge is -2.17. The van der Waals surface area contributed by atoms with Crippen molar-refractivity contribution in [2.24, 2.45) is 5.73 Å². The van der Waals surface area contributed by atoms with E-state index in [9.17, 15) is 14.0 Å². The molecule has 0 fully saturated rings. The van der Waals surface area contributed by atoms with Crippen LogP contribution in [-0.4, -0.2) is 15.5 Å². The van der Waals surface area contributed by atoms with Crippen molar-refractivity contribution >= 4 is 27.5 Å². The van der Waals surface area contributed by atoms with Crippen molar-refractivity contribution in [1.82, 2.24) is 9.55 Å². The number of carbonyl (C=O) groups is 1. The quantitative estimate of drug-likeness (QED) is 0.776. The number of aromatic nitrogens is 2. The van der Waals surface area contributed by atoms with E-state index in [0.29, 0.717) is 22.5 Å². The van der Waals surface area contributed by atoms with Crippen LogP contribution in [0.4, 0.5) is 4.39 Å². The van der Waals surface area contributed by atoms with Gasteiger partial charge in [0.05, 0.1) is 5.39 Å². The first-order valence-corrected chi connectivity index (χ1v) is 8.74. The van der Waals surface area contributed by atoms with Crippen LogP contribution >= 0.6 is 11.3 Å². The second-order valence-corrected chi connectivity index (χ2v) is 7.08. The molecule has 25 heavy (non-hydrogen) atoms. The Morgan fingerprint density at radius 3 is 2.52 bits per heavy atom. The SMILES string of the molecule is CCC(C(N)=O)n1c(C)nc2sc(C)c(-c3ccc(F)cc3)c2c1=O. The van der Waals surface area contributed by atoms with Gasteiger partial charge in [-0.05, 0) is 38.0 Å². The highest BCUT2D eigenvalue weighted by Crippen LogP contribution is 2.36. The van der Waals surface area contributed by atoms with Gasteiger partial charge in [-0.1, -0.05) is 19.1 Å². The Kier molecular flexibility index (Phi) is 4.43. The van der Waals surface area contributed by atoms with E-state index in [1.165, 1.54) is 28.0 Å². The molecule has 2 N–H and O–H groups in total. The predicted octanol–water partition coefficient (Wildman–Crippen LogP) is 3.32. The zero-order chi connectivity index (χ0) is 18.3. The summed E-state index contributed by atoms with van der Waals surface area (Å²) in [5, 5.41) is 0.444. The Balaban J connectivity index is 2.37. The molecule has 0 bridgehead atoms. The van der Waals surface area contributed by atoms with Crippen LogP contribution in [0.1, 0.15) is 30.1 Å². The van der Waals surface area contributed by atoms with Crippen molar-refractivity contribution in [3.63, 3.8) is 0 Å². The van der Waals surface area contributed by atoms with Crippen LogP contribution in [0, 0.1) is 19.7 Å². The molecule has 5 nitrogen and oxygen atoms in total. The van der Waals surface area contributed by atoms with E-state index < -0.39 is 11.9 Å². The molecule has 7 heteroatoms. The number of nitrogens with zero attached hydrogens (tertiary/aromatic N) is 2. The molecule has 1 aromatic carbocycles. The van der Waals surface area contributed by atoms with E-state index in [-0.39, 0.29) is 11.4 Å². The molecule has 1 unspecified atom stereocenters. The first-order chi connectivity index (χ1) is 11.8. The third-order valence-corrected chi connectivity index (χ3v) is 5.27. The van der Waals surface area contributed by atoms with Gasteiger partial charge in [-0.3, -0.25) is 14.2 Å². The Bertz CT molecular complexity index is 1020. The lowest BCUT2D eigenvalue weighted by molar-refractivity contribution is -0.121. The maximum absolute atomic E-state index is 13.3. The summed E-state index contributed by atoms with van der Waals surface area (Å²) >= 11 is 1.41. The van der Waals surface area contributed by atoms with Crippen LogP contribution < -0.4 is 11.3 Å². The molecule has 3 rings (SSSR count). The number of amides is 1. The molecule has 0 aliphatic rings. The number of nitrogens with two attached hydrogens (primary N) is 1. The van der Waals surface area contributed by atoms with Gasteiger partial charge in [0, 0.05) is 10.4 Å². The fourth-order valence-corrected chi connectivity index (χ4v) is 4.20. The standard InChI is InChI=1S/C18H18FN3O2S/c1-4-13(16(20)23)22-10(3)21-17-15(18(22)24)14(9(2)25-17)11-5-7-12(19)8-6-11/h5-8,13H,4H2,1-3H3,(H2,20,23). The summed E-state index contributed by atoms with van der Waals surface area (Å²) < 4.78 is 14.6. The lowest BCUT2D eigenvalue weighted by Crippen LogP contribution is -2.35. The fraction of sp³-hybridized carbons (Fsp3) is 0.278. The van der Waals surface area contributed by atoms with Crippen LogP contribution in [0.25, 0.3) is 21.3 Å². The second kappa shape index (κ2) is 6.40. The van der Waals surface area contributed by atoms with Crippen molar-refractivity contribution in [2.75, 3.05) is 0 Å². The van der Waals surface area contributed by atoms with Crippen molar-refractivity contribution in [1.29, 1.82) is 0 Å². The number of hydrogen-bond donors (Lipinski definition) is 1. The molecular formula is C18H18FN3O2S. The largest absolute Gasteiger partial charge is 0.368 e. The number of thiophene rings is 1. The van der Waals surface area contributed by atoms with Crippen LogP contribution in [0.2, 0.25) is 0 Å². The number of benzene rings is 1. The van der Waals surface area contributed by atoms with Gasteiger partial charge < -0.3 is 5.73 Å². The van der Waals surface area contributed by atoms with Crippen LogP contribution in [0.5, 0.6) is 0 Å². The van der Waals surface area contributed by atoms with Gasteiger partial charge in [0.1, 0.15) is 22.5 Å². The van der Waals surface area contributed by atoms with E-state index in [0.717, 1.165) is 16.0 Å². The van der Waals surface area contributed by atoms with Gasteiger partial charge in [-0.25, -0.2) is 9.37 Å². The fourth-order valence-electron chi connectivity index (χ4n) is 3.12. The van der Waals surface area contributed by atoms with Crippen molar-refractivity contribution in [2.45, 2.75) is 33.2 Å². The number of rotatable bonds is 4. The Labute approximate surface area is 147 Å². The van der Waals surface area contributed by atoms with E-state index in [4.69, 9.17) is 5.73 Å². The number of carbonyl (C=O) groups excluding carboxylic acids is 1. The first kappa shape index (κ1) is 17.3. The summed E-state index contributed by atoms with van der Waals surface area (Å²) in [6.07, 6.45) is 0.401. The molecule has 130 valence electrons. The van der Waals surface area contributed by atoms with Crippen LogP contribution in [0.15, 0.2) is 29.1 Å². The summed E-state index contributed by atoms with van der Waals surface area (Å²) in [4.78, 5) is 31.0. The normalized spacial score (nSPS) is 12.5. The van der Waals surface area contributed by atoms with Gasteiger partial charge in [0.25, 0.3) is 5.56 Å². The molecule has 0 saturated carbocycles. The second-order valence-electron chi connectivity index (χ2n) is 5.88. The minimum atomic E-state index is -0.745.